The summed E-state index contributed by atoms with van der Waals surface area (Å²) in [5.41, 5.74) is -0.0554. The molecule has 0 radical (unpaired) electrons. The van der Waals surface area contributed by atoms with Gasteiger partial charge in [-0.3, -0.25) is 19.7 Å². The number of amides is 2. The number of hydrogen-bond donors (Lipinski definition) is 2. The minimum atomic E-state index is -4.53. The molecule has 1 heterocycles. The summed E-state index contributed by atoms with van der Waals surface area (Å²) in [5, 5.41) is 24.4. The van der Waals surface area contributed by atoms with E-state index in [-0.39, 0.29) is 29.4 Å². The van der Waals surface area contributed by atoms with Crippen LogP contribution in [0.4, 0.5) is 30.2 Å². The number of carbonyl (C=O) groups is 2. The molecule has 14 heteroatoms. The lowest BCUT2D eigenvalue weighted by Gasteiger charge is -2.11. The molecule has 0 aliphatic heterocycles. The van der Waals surface area contributed by atoms with Crippen LogP contribution in [-0.2, 0) is 28.7 Å². The van der Waals surface area contributed by atoms with Crippen molar-refractivity contribution < 1.29 is 27.7 Å². The fraction of sp³-hybridized carbons (Fsp3) is 0.273. The van der Waals surface area contributed by atoms with Gasteiger partial charge in [0.1, 0.15) is 5.82 Å². The first kappa shape index (κ1) is 26.7. The number of alkyl halides is 3. The standard InChI is InChI=1S/C22H21F3N6O4S/c1-3-30-18(11-19(32)26-15-6-4-5-14(9-15)22(23,24)25)28-29-21(30)36-12-20(33)27-17-10-16(31(34)35)8-7-13(17)2/h4-10H,3,11-12H2,1-2H3,(H,26,32)(H,27,33). The zero-order chi connectivity index (χ0) is 26.5. The monoisotopic (exact) mass is 522 g/mol. The molecule has 190 valence electrons. The lowest BCUT2D eigenvalue weighted by atomic mass is 10.2. The molecule has 3 rings (SSSR count). The Morgan fingerprint density at radius 3 is 2.53 bits per heavy atom. The normalized spacial score (nSPS) is 11.2. The van der Waals surface area contributed by atoms with E-state index in [2.05, 4.69) is 20.8 Å². The molecule has 0 saturated carbocycles. The number of anilines is 2. The number of thioether (sulfide) groups is 1. The summed E-state index contributed by atoms with van der Waals surface area (Å²) in [7, 11) is 0. The van der Waals surface area contributed by atoms with E-state index in [1.807, 2.05) is 0 Å². The molecule has 0 aliphatic rings. The van der Waals surface area contributed by atoms with Crippen LogP contribution in [0.3, 0.4) is 0 Å². The second kappa shape index (κ2) is 11.2. The number of halogens is 3. The molecular weight excluding hydrogens is 501 g/mol. The Labute approximate surface area is 207 Å². The number of aryl methyl sites for hydroxylation is 1. The van der Waals surface area contributed by atoms with E-state index in [1.54, 1.807) is 18.4 Å². The van der Waals surface area contributed by atoms with Gasteiger partial charge < -0.3 is 15.2 Å². The van der Waals surface area contributed by atoms with Crippen LogP contribution >= 0.6 is 11.8 Å². The smallest absolute Gasteiger partial charge is 0.326 e. The molecule has 36 heavy (non-hydrogen) atoms. The first-order chi connectivity index (χ1) is 17.0. The second-order valence-corrected chi connectivity index (χ2v) is 8.48. The highest BCUT2D eigenvalue weighted by molar-refractivity contribution is 7.99. The van der Waals surface area contributed by atoms with Gasteiger partial charge in [0.2, 0.25) is 11.8 Å². The van der Waals surface area contributed by atoms with E-state index >= 15 is 0 Å². The van der Waals surface area contributed by atoms with E-state index in [4.69, 9.17) is 0 Å². The maximum Gasteiger partial charge on any atom is 0.416 e. The van der Waals surface area contributed by atoms with Crippen molar-refractivity contribution in [2.75, 3.05) is 16.4 Å². The minimum Gasteiger partial charge on any atom is -0.326 e. The Balaban J connectivity index is 1.62. The molecular formula is C22H21F3N6O4S. The molecule has 1 aromatic heterocycles. The third-order valence-electron chi connectivity index (χ3n) is 4.94. The van der Waals surface area contributed by atoms with Crippen LogP contribution in [0.1, 0.15) is 23.9 Å². The van der Waals surface area contributed by atoms with Crippen molar-refractivity contribution in [3.63, 3.8) is 0 Å². The number of non-ortho nitro benzene ring substituents is 1. The number of nitro groups is 1. The van der Waals surface area contributed by atoms with Gasteiger partial charge in [-0.2, -0.15) is 13.2 Å². The van der Waals surface area contributed by atoms with Crippen LogP contribution in [0.5, 0.6) is 0 Å². The van der Waals surface area contributed by atoms with Crippen LogP contribution in [0.2, 0.25) is 0 Å². The van der Waals surface area contributed by atoms with Crippen LogP contribution in [-0.4, -0.2) is 37.3 Å². The van der Waals surface area contributed by atoms with Crippen molar-refractivity contribution in [3.8, 4) is 0 Å². The minimum absolute atomic E-state index is 0.0000930. The summed E-state index contributed by atoms with van der Waals surface area (Å²) >= 11 is 1.06. The van der Waals surface area contributed by atoms with Gasteiger partial charge >= 0.3 is 6.18 Å². The van der Waals surface area contributed by atoms with E-state index in [9.17, 15) is 32.9 Å². The van der Waals surface area contributed by atoms with Crippen LogP contribution < -0.4 is 10.6 Å². The van der Waals surface area contributed by atoms with Crippen molar-refractivity contribution in [3.05, 3.63) is 69.5 Å². The summed E-state index contributed by atoms with van der Waals surface area (Å²) in [6.07, 6.45) is -4.77. The third-order valence-corrected chi connectivity index (χ3v) is 5.91. The van der Waals surface area contributed by atoms with E-state index in [1.165, 1.54) is 30.3 Å². The summed E-state index contributed by atoms with van der Waals surface area (Å²) in [6, 6.07) is 8.43. The molecule has 2 aromatic carbocycles. The van der Waals surface area contributed by atoms with Crippen molar-refractivity contribution in [2.45, 2.75) is 38.1 Å². The third kappa shape index (κ3) is 6.81. The lowest BCUT2D eigenvalue weighted by Crippen LogP contribution is -2.18. The molecule has 2 N–H and O–H groups in total. The molecule has 0 atom stereocenters. The topological polar surface area (TPSA) is 132 Å². The van der Waals surface area contributed by atoms with Gasteiger partial charge in [-0.15, -0.1) is 10.2 Å². The number of carbonyl (C=O) groups excluding carboxylic acids is 2. The number of aromatic nitrogens is 3. The predicted molar refractivity (Wildman–Crippen MR) is 127 cm³/mol. The highest BCUT2D eigenvalue weighted by Crippen LogP contribution is 2.30. The maximum atomic E-state index is 12.9. The van der Waals surface area contributed by atoms with Gasteiger partial charge in [0, 0.05) is 24.4 Å². The zero-order valence-corrected chi connectivity index (χ0v) is 19.9. The molecule has 2 amide bonds. The Hall–Kier alpha value is -3.94. The van der Waals surface area contributed by atoms with Gasteiger partial charge in [0.15, 0.2) is 5.16 Å². The largest absolute Gasteiger partial charge is 0.416 e. The summed E-state index contributed by atoms with van der Waals surface area (Å²) in [5.74, 6) is -0.791. The van der Waals surface area contributed by atoms with Gasteiger partial charge in [0.05, 0.1) is 28.3 Å². The molecule has 0 spiro atoms. The van der Waals surface area contributed by atoms with Crippen LogP contribution in [0.15, 0.2) is 47.6 Å². The van der Waals surface area contributed by atoms with Gasteiger partial charge in [-0.05, 0) is 37.6 Å². The molecule has 0 bridgehead atoms. The Morgan fingerprint density at radius 1 is 1.11 bits per heavy atom. The quantitative estimate of drug-likeness (QED) is 0.241. The Morgan fingerprint density at radius 2 is 1.86 bits per heavy atom. The molecule has 0 fully saturated rings. The lowest BCUT2D eigenvalue weighted by molar-refractivity contribution is -0.384. The van der Waals surface area contributed by atoms with E-state index < -0.39 is 28.5 Å². The van der Waals surface area contributed by atoms with Crippen molar-refractivity contribution >= 4 is 40.6 Å². The fourth-order valence-corrected chi connectivity index (χ4v) is 3.99. The number of hydrogen-bond acceptors (Lipinski definition) is 7. The first-order valence-corrected chi connectivity index (χ1v) is 11.5. The Kier molecular flexibility index (Phi) is 8.29. The highest BCUT2D eigenvalue weighted by Gasteiger charge is 2.30. The zero-order valence-electron chi connectivity index (χ0n) is 19.1. The summed E-state index contributed by atoms with van der Waals surface area (Å²) < 4.78 is 40.3. The number of nitrogens with one attached hydrogen (secondary N) is 2. The average molecular weight is 523 g/mol. The highest BCUT2D eigenvalue weighted by atomic mass is 32.2. The number of rotatable bonds is 9. The van der Waals surface area contributed by atoms with E-state index in [0.717, 1.165) is 23.9 Å². The molecule has 0 aliphatic carbocycles. The second-order valence-electron chi connectivity index (χ2n) is 7.54. The Bertz CT molecular complexity index is 1300. The number of nitrogens with zero attached hydrogens (tertiary/aromatic N) is 4. The molecule has 3 aromatic rings. The number of nitro benzene ring substituents is 1. The maximum absolute atomic E-state index is 12.9. The van der Waals surface area contributed by atoms with E-state index in [0.29, 0.717) is 23.0 Å². The summed E-state index contributed by atoms with van der Waals surface area (Å²) in [6.45, 7) is 3.87. The number of benzene rings is 2. The molecule has 0 saturated heterocycles. The fourth-order valence-electron chi connectivity index (χ4n) is 3.17. The van der Waals surface area contributed by atoms with Crippen LogP contribution in [0, 0.1) is 17.0 Å². The van der Waals surface area contributed by atoms with Gasteiger partial charge in [0.25, 0.3) is 5.69 Å². The predicted octanol–water partition coefficient (Wildman–Crippen LogP) is 4.45. The summed E-state index contributed by atoms with van der Waals surface area (Å²) in [4.78, 5) is 35.2. The van der Waals surface area contributed by atoms with Crippen molar-refractivity contribution in [2.24, 2.45) is 0 Å². The SMILES string of the molecule is CCn1c(CC(=O)Nc2cccc(C(F)(F)F)c2)nnc1SCC(=O)Nc1cc([N+](=O)[O-])ccc1C. The van der Waals surface area contributed by atoms with Crippen LogP contribution in [0.25, 0.3) is 0 Å². The average Bonchev–Trinajstić information content (AvgIpc) is 3.19. The molecule has 0 unspecified atom stereocenters. The van der Waals surface area contributed by atoms with Gasteiger partial charge in [-0.1, -0.05) is 23.9 Å². The van der Waals surface area contributed by atoms with Crippen molar-refractivity contribution in [1.82, 2.24) is 14.8 Å². The first-order valence-electron chi connectivity index (χ1n) is 10.5. The molecule has 10 nitrogen and oxygen atoms in total. The van der Waals surface area contributed by atoms with Crippen molar-refractivity contribution in [1.29, 1.82) is 0 Å². The van der Waals surface area contributed by atoms with Gasteiger partial charge in [-0.25, -0.2) is 0 Å².